The number of nitrogen functional groups attached to an aromatic ring is 1. The Bertz CT molecular complexity index is 623. The quantitative estimate of drug-likeness (QED) is 0.620. The number of nitrogens with two attached hydrogens (primary N) is 1. The molecule has 2 N–H and O–H groups in total. The maximum absolute atomic E-state index is 12.4. The highest BCUT2D eigenvalue weighted by Crippen LogP contribution is 2.45. The van der Waals surface area contributed by atoms with Crippen molar-refractivity contribution in [3.8, 4) is 6.07 Å². The number of nitrogens with zero attached hydrogens (tertiary/aromatic N) is 2. The highest BCUT2D eigenvalue weighted by molar-refractivity contribution is 6.23. The summed E-state index contributed by atoms with van der Waals surface area (Å²) in [7, 11) is 0. The van der Waals surface area contributed by atoms with Crippen LogP contribution in [-0.2, 0) is 9.59 Å². The Labute approximate surface area is 117 Å². The minimum Gasteiger partial charge on any atom is -0.397 e. The number of amides is 2. The number of hydrogen-bond acceptors (Lipinski definition) is 4. The lowest BCUT2D eigenvalue weighted by Crippen LogP contribution is -2.32. The van der Waals surface area contributed by atoms with Gasteiger partial charge >= 0.3 is 0 Å². The summed E-state index contributed by atoms with van der Waals surface area (Å²) >= 11 is 0. The molecule has 20 heavy (non-hydrogen) atoms. The van der Waals surface area contributed by atoms with Crippen LogP contribution in [0.25, 0.3) is 0 Å². The molecule has 0 radical (unpaired) electrons. The molecule has 1 aliphatic carbocycles. The van der Waals surface area contributed by atoms with Gasteiger partial charge in [-0.25, -0.2) is 4.90 Å². The molecule has 0 bridgehead atoms. The lowest BCUT2D eigenvalue weighted by molar-refractivity contribution is -0.123. The van der Waals surface area contributed by atoms with Crippen LogP contribution in [-0.4, -0.2) is 11.8 Å². The van der Waals surface area contributed by atoms with E-state index < -0.39 is 0 Å². The third-order valence-electron chi connectivity index (χ3n) is 4.27. The first kappa shape index (κ1) is 12.7. The fraction of sp³-hybridized carbons (Fsp3) is 0.400. The molecule has 5 heteroatoms. The van der Waals surface area contributed by atoms with E-state index in [0.29, 0.717) is 22.9 Å². The average molecular weight is 269 g/mol. The second-order valence-corrected chi connectivity index (χ2v) is 5.69. The molecule has 2 fully saturated rings. The van der Waals surface area contributed by atoms with Crippen LogP contribution in [0, 0.1) is 29.1 Å². The summed E-state index contributed by atoms with van der Waals surface area (Å²) in [6.07, 6.45) is 1.53. The molecule has 2 aliphatic rings. The standard InChI is InChI=1S/C15H15N3O2/c1-8-4-10-11(5-8)15(20)18(14(10)19)13-3-2-9(7-16)6-12(13)17/h2-3,6,8,10-11H,4-5,17H2,1H3. The van der Waals surface area contributed by atoms with Crippen molar-refractivity contribution in [3.05, 3.63) is 23.8 Å². The molecule has 1 saturated heterocycles. The number of rotatable bonds is 1. The smallest absolute Gasteiger partial charge is 0.237 e. The second kappa shape index (κ2) is 4.34. The Morgan fingerprint density at radius 1 is 1.25 bits per heavy atom. The summed E-state index contributed by atoms with van der Waals surface area (Å²) in [6, 6.07) is 6.63. The molecule has 2 unspecified atom stereocenters. The zero-order valence-electron chi connectivity index (χ0n) is 11.2. The summed E-state index contributed by atoms with van der Waals surface area (Å²) in [5.41, 5.74) is 6.99. The van der Waals surface area contributed by atoms with Crippen molar-refractivity contribution in [1.82, 2.24) is 0 Å². The summed E-state index contributed by atoms with van der Waals surface area (Å²) in [5, 5.41) is 8.83. The minimum atomic E-state index is -0.201. The van der Waals surface area contributed by atoms with Crippen LogP contribution in [0.5, 0.6) is 0 Å². The molecule has 2 amide bonds. The molecular formula is C15H15N3O2. The van der Waals surface area contributed by atoms with E-state index >= 15 is 0 Å². The van der Waals surface area contributed by atoms with Gasteiger partial charge in [0, 0.05) is 0 Å². The lowest BCUT2D eigenvalue weighted by Gasteiger charge is -2.18. The van der Waals surface area contributed by atoms with Gasteiger partial charge in [-0.05, 0) is 37.0 Å². The van der Waals surface area contributed by atoms with E-state index in [1.165, 1.54) is 11.0 Å². The Morgan fingerprint density at radius 3 is 2.35 bits per heavy atom. The zero-order valence-corrected chi connectivity index (χ0v) is 11.2. The molecule has 2 atom stereocenters. The highest BCUT2D eigenvalue weighted by Gasteiger charge is 2.52. The SMILES string of the molecule is CC1CC2C(=O)N(c3ccc(C#N)cc3N)C(=O)C2C1. The third-order valence-corrected chi connectivity index (χ3v) is 4.27. The van der Waals surface area contributed by atoms with Crippen molar-refractivity contribution in [3.63, 3.8) is 0 Å². The number of imide groups is 1. The Kier molecular flexibility index (Phi) is 2.75. The van der Waals surface area contributed by atoms with Crippen molar-refractivity contribution in [2.75, 3.05) is 10.6 Å². The van der Waals surface area contributed by atoms with Crippen molar-refractivity contribution in [2.45, 2.75) is 19.8 Å². The van der Waals surface area contributed by atoms with Gasteiger partial charge in [0.25, 0.3) is 0 Å². The van der Waals surface area contributed by atoms with Gasteiger partial charge in [-0.1, -0.05) is 6.92 Å². The normalized spacial score (nSPS) is 28.6. The number of benzene rings is 1. The number of carbonyl (C=O) groups is 2. The summed E-state index contributed by atoms with van der Waals surface area (Å²) < 4.78 is 0. The van der Waals surface area contributed by atoms with E-state index in [-0.39, 0.29) is 23.7 Å². The van der Waals surface area contributed by atoms with Crippen LogP contribution in [0.15, 0.2) is 18.2 Å². The number of hydrogen-bond donors (Lipinski definition) is 1. The van der Waals surface area contributed by atoms with Crippen LogP contribution in [0.4, 0.5) is 11.4 Å². The van der Waals surface area contributed by atoms with E-state index in [2.05, 4.69) is 6.92 Å². The van der Waals surface area contributed by atoms with Crippen LogP contribution in [0.1, 0.15) is 25.3 Å². The van der Waals surface area contributed by atoms with E-state index in [4.69, 9.17) is 11.0 Å². The fourth-order valence-electron chi connectivity index (χ4n) is 3.34. The number of nitriles is 1. The van der Waals surface area contributed by atoms with Gasteiger partial charge < -0.3 is 5.73 Å². The molecule has 1 aromatic rings. The van der Waals surface area contributed by atoms with Gasteiger partial charge in [-0.2, -0.15) is 5.26 Å². The van der Waals surface area contributed by atoms with E-state index in [0.717, 1.165) is 12.8 Å². The van der Waals surface area contributed by atoms with Gasteiger partial charge in [0.2, 0.25) is 11.8 Å². The first-order chi connectivity index (χ1) is 9.52. The fourth-order valence-corrected chi connectivity index (χ4v) is 3.34. The monoisotopic (exact) mass is 269 g/mol. The van der Waals surface area contributed by atoms with Crippen molar-refractivity contribution in [1.29, 1.82) is 5.26 Å². The van der Waals surface area contributed by atoms with Crippen molar-refractivity contribution >= 4 is 23.2 Å². The first-order valence-corrected chi connectivity index (χ1v) is 6.70. The second-order valence-electron chi connectivity index (χ2n) is 5.69. The summed E-state index contributed by atoms with van der Waals surface area (Å²) in [5.74, 6) is -0.292. The number of anilines is 2. The average Bonchev–Trinajstić information content (AvgIpc) is 2.90. The van der Waals surface area contributed by atoms with Gasteiger partial charge in [0.05, 0.1) is 34.8 Å². The number of carbonyl (C=O) groups excluding carboxylic acids is 2. The lowest BCUT2D eigenvalue weighted by atomic mass is 10.00. The first-order valence-electron chi connectivity index (χ1n) is 6.70. The Hall–Kier alpha value is -2.35. The van der Waals surface area contributed by atoms with Crippen molar-refractivity contribution < 1.29 is 9.59 Å². The highest BCUT2D eigenvalue weighted by atomic mass is 16.2. The van der Waals surface area contributed by atoms with E-state index in [9.17, 15) is 9.59 Å². The molecule has 102 valence electrons. The zero-order chi connectivity index (χ0) is 14.4. The van der Waals surface area contributed by atoms with Gasteiger partial charge in [0.1, 0.15) is 0 Å². The molecule has 0 spiro atoms. The molecule has 3 rings (SSSR count). The topological polar surface area (TPSA) is 87.2 Å². The van der Waals surface area contributed by atoms with E-state index in [1.807, 2.05) is 6.07 Å². The largest absolute Gasteiger partial charge is 0.397 e. The Morgan fingerprint density at radius 2 is 1.85 bits per heavy atom. The maximum Gasteiger partial charge on any atom is 0.237 e. The van der Waals surface area contributed by atoms with E-state index in [1.54, 1.807) is 12.1 Å². The van der Waals surface area contributed by atoms with Crippen molar-refractivity contribution in [2.24, 2.45) is 17.8 Å². The van der Waals surface area contributed by atoms with Gasteiger partial charge in [-0.3, -0.25) is 9.59 Å². The van der Waals surface area contributed by atoms with Crippen LogP contribution in [0.2, 0.25) is 0 Å². The molecular weight excluding hydrogens is 254 g/mol. The number of fused-ring (bicyclic) bond motifs is 1. The van der Waals surface area contributed by atoms with Gasteiger partial charge in [0.15, 0.2) is 0 Å². The summed E-state index contributed by atoms with van der Waals surface area (Å²) in [6.45, 7) is 2.07. The van der Waals surface area contributed by atoms with Gasteiger partial charge in [-0.15, -0.1) is 0 Å². The molecule has 1 aliphatic heterocycles. The van der Waals surface area contributed by atoms with Crippen LogP contribution < -0.4 is 10.6 Å². The molecule has 1 aromatic carbocycles. The predicted molar refractivity (Wildman–Crippen MR) is 73.4 cm³/mol. The minimum absolute atomic E-state index is 0.152. The van der Waals surface area contributed by atoms with Crippen LogP contribution in [0.3, 0.4) is 0 Å². The maximum atomic E-state index is 12.4. The predicted octanol–water partition coefficient (Wildman–Crippen LogP) is 1.68. The van der Waals surface area contributed by atoms with Crippen LogP contribution >= 0.6 is 0 Å². The summed E-state index contributed by atoms with van der Waals surface area (Å²) in [4.78, 5) is 26.1. The Balaban J connectivity index is 1.98. The molecule has 5 nitrogen and oxygen atoms in total. The molecule has 1 saturated carbocycles. The molecule has 0 aromatic heterocycles. The third kappa shape index (κ3) is 1.68. The molecule has 1 heterocycles.